The van der Waals surface area contributed by atoms with Crippen molar-refractivity contribution in [2.75, 3.05) is 26.2 Å². The third-order valence-corrected chi connectivity index (χ3v) is 4.97. The predicted molar refractivity (Wildman–Crippen MR) is 97.5 cm³/mol. The molecule has 1 saturated heterocycles. The first-order valence-electron chi connectivity index (χ1n) is 8.23. The summed E-state index contributed by atoms with van der Waals surface area (Å²) in [7, 11) is 0. The van der Waals surface area contributed by atoms with Gasteiger partial charge in [0.15, 0.2) is 0 Å². The molecule has 1 aromatic heterocycles. The Morgan fingerprint density at radius 3 is 2.42 bits per heavy atom. The summed E-state index contributed by atoms with van der Waals surface area (Å²) in [6.45, 7) is 8.11. The van der Waals surface area contributed by atoms with Crippen molar-refractivity contribution >= 4 is 21.8 Å². The fourth-order valence-corrected chi connectivity index (χ4v) is 3.33. The van der Waals surface area contributed by atoms with Crippen molar-refractivity contribution in [2.24, 2.45) is 0 Å². The zero-order valence-corrected chi connectivity index (χ0v) is 15.7. The highest BCUT2D eigenvalue weighted by atomic mass is 79.9. The quantitative estimate of drug-likeness (QED) is 0.805. The molecule has 6 heteroatoms. The molecule has 0 N–H and O–H groups in total. The zero-order valence-electron chi connectivity index (χ0n) is 14.2. The van der Waals surface area contributed by atoms with Gasteiger partial charge in [0, 0.05) is 38.9 Å². The van der Waals surface area contributed by atoms with Crippen molar-refractivity contribution in [3.63, 3.8) is 0 Å². The van der Waals surface area contributed by atoms with Crippen LogP contribution in [0.1, 0.15) is 19.4 Å². The number of carbonyl (C=O) groups is 1. The summed E-state index contributed by atoms with van der Waals surface area (Å²) in [5, 5.41) is 4.29. The van der Waals surface area contributed by atoms with E-state index in [0.29, 0.717) is 0 Å². The minimum Gasteiger partial charge on any atom is -0.338 e. The van der Waals surface area contributed by atoms with Crippen LogP contribution in [0.5, 0.6) is 0 Å². The first-order valence-corrected chi connectivity index (χ1v) is 9.02. The highest BCUT2D eigenvalue weighted by molar-refractivity contribution is 9.10. The number of piperazine rings is 1. The molecule has 128 valence electrons. The van der Waals surface area contributed by atoms with Gasteiger partial charge in [0.1, 0.15) is 5.54 Å². The molecule has 5 nitrogen and oxygen atoms in total. The Hall–Kier alpha value is -1.66. The minimum atomic E-state index is -0.673. The molecule has 0 atom stereocenters. The number of benzene rings is 1. The molecule has 1 amide bonds. The lowest BCUT2D eigenvalue weighted by Crippen LogP contribution is -2.54. The van der Waals surface area contributed by atoms with Gasteiger partial charge in [0.05, 0.1) is 10.7 Å². The van der Waals surface area contributed by atoms with Crippen molar-refractivity contribution in [3.8, 4) is 0 Å². The van der Waals surface area contributed by atoms with Gasteiger partial charge in [-0.3, -0.25) is 14.4 Å². The van der Waals surface area contributed by atoms with Crippen LogP contribution in [0.3, 0.4) is 0 Å². The van der Waals surface area contributed by atoms with Crippen molar-refractivity contribution in [3.05, 3.63) is 52.8 Å². The summed E-state index contributed by atoms with van der Waals surface area (Å²) in [4.78, 5) is 17.3. The number of aromatic nitrogens is 2. The van der Waals surface area contributed by atoms with Crippen molar-refractivity contribution in [2.45, 2.75) is 25.9 Å². The molecular weight excluding hydrogens is 368 g/mol. The Labute approximate surface area is 151 Å². The maximum atomic E-state index is 12.9. The molecule has 0 saturated carbocycles. The van der Waals surface area contributed by atoms with Crippen LogP contribution < -0.4 is 0 Å². The first-order chi connectivity index (χ1) is 11.5. The van der Waals surface area contributed by atoms with Crippen LogP contribution >= 0.6 is 15.9 Å². The van der Waals surface area contributed by atoms with E-state index in [4.69, 9.17) is 0 Å². The molecule has 0 radical (unpaired) electrons. The molecule has 1 aliphatic rings. The number of carbonyl (C=O) groups excluding carboxylic acids is 1. The fourth-order valence-electron chi connectivity index (χ4n) is 3.04. The monoisotopic (exact) mass is 390 g/mol. The van der Waals surface area contributed by atoms with Crippen LogP contribution in [0.4, 0.5) is 0 Å². The molecule has 0 aliphatic carbocycles. The molecule has 0 spiro atoms. The molecule has 1 aliphatic heterocycles. The number of hydrogen-bond donors (Lipinski definition) is 0. The molecular formula is C18H23BrN4O. The van der Waals surface area contributed by atoms with E-state index < -0.39 is 5.54 Å². The lowest BCUT2D eigenvalue weighted by molar-refractivity contribution is -0.141. The third kappa shape index (κ3) is 3.70. The normalized spacial score (nSPS) is 16.4. The SMILES string of the molecule is CC(C)(C(=O)N1CCN(Cc2ccccc2)CC1)n1cc(Br)cn1. The van der Waals surface area contributed by atoms with Gasteiger partial charge in [-0.25, -0.2) is 0 Å². The van der Waals surface area contributed by atoms with Gasteiger partial charge >= 0.3 is 0 Å². The van der Waals surface area contributed by atoms with E-state index in [1.54, 1.807) is 10.9 Å². The zero-order chi connectivity index (χ0) is 17.2. The minimum absolute atomic E-state index is 0.123. The van der Waals surface area contributed by atoms with E-state index in [1.807, 2.05) is 31.0 Å². The van der Waals surface area contributed by atoms with Gasteiger partial charge in [0.25, 0.3) is 0 Å². The second kappa shape index (κ2) is 7.07. The van der Waals surface area contributed by atoms with Gasteiger partial charge in [-0.15, -0.1) is 0 Å². The predicted octanol–water partition coefficient (Wildman–Crippen LogP) is 2.73. The standard InChI is InChI=1S/C18H23BrN4O/c1-18(2,23-14-16(19)12-20-23)17(24)22-10-8-21(9-11-22)13-15-6-4-3-5-7-15/h3-7,12,14H,8-11,13H2,1-2H3. The van der Waals surface area contributed by atoms with Crippen LogP contribution in [0.2, 0.25) is 0 Å². The van der Waals surface area contributed by atoms with E-state index in [0.717, 1.165) is 37.2 Å². The van der Waals surface area contributed by atoms with Crippen molar-refractivity contribution in [1.29, 1.82) is 0 Å². The van der Waals surface area contributed by atoms with Crippen molar-refractivity contribution in [1.82, 2.24) is 19.6 Å². The topological polar surface area (TPSA) is 41.4 Å². The van der Waals surface area contributed by atoms with Gasteiger partial charge in [-0.1, -0.05) is 30.3 Å². The van der Waals surface area contributed by atoms with Gasteiger partial charge < -0.3 is 4.90 Å². The maximum Gasteiger partial charge on any atom is 0.250 e. The summed E-state index contributed by atoms with van der Waals surface area (Å²) in [6.07, 6.45) is 3.57. The van der Waals surface area contributed by atoms with E-state index >= 15 is 0 Å². The number of halogens is 1. The molecule has 1 aromatic carbocycles. The van der Waals surface area contributed by atoms with E-state index in [-0.39, 0.29) is 5.91 Å². The number of amides is 1. The highest BCUT2D eigenvalue weighted by Gasteiger charge is 2.35. The van der Waals surface area contributed by atoms with Crippen molar-refractivity contribution < 1.29 is 4.79 Å². The molecule has 3 rings (SSSR count). The van der Waals surface area contributed by atoms with Crippen LogP contribution in [-0.4, -0.2) is 51.7 Å². The van der Waals surface area contributed by atoms with Crippen LogP contribution in [0.15, 0.2) is 47.2 Å². The Morgan fingerprint density at radius 2 is 1.83 bits per heavy atom. The number of hydrogen-bond acceptors (Lipinski definition) is 3. The third-order valence-electron chi connectivity index (χ3n) is 4.56. The van der Waals surface area contributed by atoms with Gasteiger partial charge in [-0.2, -0.15) is 5.10 Å². The summed E-state index contributed by atoms with van der Waals surface area (Å²) < 4.78 is 2.62. The Balaban J connectivity index is 1.59. The van der Waals surface area contributed by atoms with Crippen LogP contribution in [0.25, 0.3) is 0 Å². The van der Waals surface area contributed by atoms with E-state index in [9.17, 15) is 4.79 Å². The smallest absolute Gasteiger partial charge is 0.250 e. The lowest BCUT2D eigenvalue weighted by Gasteiger charge is -2.38. The Kier molecular flexibility index (Phi) is 5.06. The fraction of sp³-hybridized carbons (Fsp3) is 0.444. The van der Waals surface area contributed by atoms with Gasteiger partial charge in [-0.05, 0) is 35.3 Å². The number of nitrogens with zero attached hydrogens (tertiary/aromatic N) is 4. The summed E-state index contributed by atoms with van der Waals surface area (Å²) in [5.41, 5.74) is 0.646. The largest absolute Gasteiger partial charge is 0.338 e. The molecule has 2 heterocycles. The highest BCUT2D eigenvalue weighted by Crippen LogP contribution is 2.21. The Morgan fingerprint density at radius 1 is 1.17 bits per heavy atom. The number of rotatable bonds is 4. The van der Waals surface area contributed by atoms with Crippen LogP contribution in [0, 0.1) is 0 Å². The summed E-state index contributed by atoms with van der Waals surface area (Å²) in [6, 6.07) is 10.5. The Bertz CT molecular complexity index is 690. The average Bonchev–Trinajstić information content (AvgIpc) is 3.03. The molecule has 0 bridgehead atoms. The average molecular weight is 391 g/mol. The summed E-state index contributed by atoms with van der Waals surface area (Å²) >= 11 is 3.39. The maximum absolute atomic E-state index is 12.9. The molecule has 1 fully saturated rings. The second-order valence-electron chi connectivity index (χ2n) is 6.72. The summed E-state index contributed by atoms with van der Waals surface area (Å²) in [5.74, 6) is 0.123. The molecule has 24 heavy (non-hydrogen) atoms. The van der Waals surface area contributed by atoms with E-state index in [2.05, 4.69) is 50.2 Å². The first kappa shape index (κ1) is 17.2. The molecule has 0 unspecified atom stereocenters. The van der Waals surface area contributed by atoms with Gasteiger partial charge in [0.2, 0.25) is 5.91 Å². The molecule has 2 aromatic rings. The van der Waals surface area contributed by atoms with Crippen LogP contribution in [-0.2, 0) is 16.9 Å². The second-order valence-corrected chi connectivity index (χ2v) is 7.63. The van der Waals surface area contributed by atoms with E-state index in [1.165, 1.54) is 5.56 Å². The lowest BCUT2D eigenvalue weighted by atomic mass is 10.0.